The van der Waals surface area contributed by atoms with Gasteiger partial charge in [-0.3, -0.25) is 9.59 Å². The van der Waals surface area contributed by atoms with Gasteiger partial charge < -0.3 is 16.4 Å². The summed E-state index contributed by atoms with van der Waals surface area (Å²) in [6.07, 6.45) is 3.85. The zero-order valence-corrected chi connectivity index (χ0v) is 16.2. The van der Waals surface area contributed by atoms with Crippen LogP contribution in [0.4, 0.5) is 0 Å². The monoisotopic (exact) mass is 417 g/mol. The van der Waals surface area contributed by atoms with Gasteiger partial charge in [0.2, 0.25) is 5.91 Å². The fourth-order valence-electron chi connectivity index (χ4n) is 2.98. The van der Waals surface area contributed by atoms with Gasteiger partial charge in [0.1, 0.15) is 0 Å². The third-order valence-electron chi connectivity index (χ3n) is 4.39. The molecule has 1 aliphatic rings. The second kappa shape index (κ2) is 9.39. The molecule has 24 heavy (non-hydrogen) atoms. The summed E-state index contributed by atoms with van der Waals surface area (Å²) in [5.41, 5.74) is 6.40. The number of nitrogens with one attached hydrogen (secondary N) is 2. The SMILES string of the molecule is CC1(N)CCCCC1C(=O)NCCNC(=O)c1ccc(Br)cc1.Cl. The van der Waals surface area contributed by atoms with Gasteiger partial charge in [-0.25, -0.2) is 0 Å². The van der Waals surface area contributed by atoms with E-state index in [0.717, 1.165) is 30.2 Å². The standard InChI is InChI=1S/C17H24BrN3O2.ClH/c1-17(19)9-3-2-4-14(17)16(23)21-11-10-20-15(22)12-5-7-13(18)8-6-12;/h5-8,14H,2-4,9-11,19H2,1H3,(H,20,22)(H,21,23);1H. The average Bonchev–Trinajstić information content (AvgIpc) is 2.51. The van der Waals surface area contributed by atoms with Crippen LogP contribution >= 0.6 is 28.3 Å². The minimum atomic E-state index is -0.428. The molecule has 134 valence electrons. The highest BCUT2D eigenvalue weighted by Crippen LogP contribution is 2.31. The first-order valence-electron chi connectivity index (χ1n) is 8.00. The van der Waals surface area contributed by atoms with Crippen molar-refractivity contribution in [2.75, 3.05) is 13.1 Å². The van der Waals surface area contributed by atoms with Crippen molar-refractivity contribution in [2.45, 2.75) is 38.1 Å². The fraction of sp³-hybridized carbons (Fsp3) is 0.529. The zero-order chi connectivity index (χ0) is 16.9. The van der Waals surface area contributed by atoms with Gasteiger partial charge in [-0.15, -0.1) is 12.4 Å². The molecule has 0 aliphatic heterocycles. The van der Waals surface area contributed by atoms with Crippen molar-refractivity contribution in [1.82, 2.24) is 10.6 Å². The Hall–Kier alpha value is -1.11. The quantitative estimate of drug-likeness (QED) is 0.643. The van der Waals surface area contributed by atoms with Crippen molar-refractivity contribution in [1.29, 1.82) is 0 Å². The first-order chi connectivity index (χ1) is 10.9. The van der Waals surface area contributed by atoms with Crippen molar-refractivity contribution in [2.24, 2.45) is 11.7 Å². The Balaban J connectivity index is 0.00000288. The molecular formula is C17H25BrClN3O2. The van der Waals surface area contributed by atoms with Crippen molar-refractivity contribution in [3.8, 4) is 0 Å². The molecule has 1 aromatic carbocycles. The third-order valence-corrected chi connectivity index (χ3v) is 4.92. The molecule has 2 amide bonds. The molecule has 2 rings (SSSR count). The minimum Gasteiger partial charge on any atom is -0.354 e. The number of hydrogen-bond acceptors (Lipinski definition) is 3. The van der Waals surface area contributed by atoms with Crippen molar-refractivity contribution in [3.05, 3.63) is 34.3 Å². The maximum absolute atomic E-state index is 12.3. The van der Waals surface area contributed by atoms with E-state index in [1.165, 1.54) is 0 Å². The molecule has 0 saturated heterocycles. The van der Waals surface area contributed by atoms with E-state index in [1.54, 1.807) is 12.1 Å². The number of carbonyl (C=O) groups is 2. The molecule has 1 aliphatic carbocycles. The molecule has 0 aromatic heterocycles. The van der Waals surface area contributed by atoms with Crippen molar-refractivity contribution < 1.29 is 9.59 Å². The molecule has 2 atom stereocenters. The summed E-state index contributed by atoms with van der Waals surface area (Å²) in [5, 5.41) is 5.68. The third kappa shape index (κ3) is 5.76. The molecule has 0 radical (unpaired) electrons. The van der Waals surface area contributed by atoms with Crippen LogP contribution < -0.4 is 16.4 Å². The second-order valence-electron chi connectivity index (χ2n) is 6.36. The Morgan fingerprint density at radius 2 is 1.83 bits per heavy atom. The van der Waals surface area contributed by atoms with E-state index in [-0.39, 0.29) is 30.1 Å². The van der Waals surface area contributed by atoms with Crippen LogP contribution in [0.1, 0.15) is 43.0 Å². The van der Waals surface area contributed by atoms with Gasteiger partial charge in [-0.1, -0.05) is 28.8 Å². The van der Waals surface area contributed by atoms with E-state index in [2.05, 4.69) is 26.6 Å². The van der Waals surface area contributed by atoms with E-state index in [4.69, 9.17) is 5.73 Å². The molecule has 1 aromatic rings. The molecule has 1 fully saturated rings. The molecule has 0 heterocycles. The highest BCUT2D eigenvalue weighted by Gasteiger charge is 2.37. The fourth-order valence-corrected chi connectivity index (χ4v) is 3.24. The van der Waals surface area contributed by atoms with Gasteiger partial charge >= 0.3 is 0 Å². The van der Waals surface area contributed by atoms with Gasteiger partial charge in [-0.05, 0) is 44.0 Å². The van der Waals surface area contributed by atoms with Crippen LogP contribution in [-0.4, -0.2) is 30.4 Å². The van der Waals surface area contributed by atoms with Crippen LogP contribution in [0.25, 0.3) is 0 Å². The lowest BCUT2D eigenvalue weighted by Gasteiger charge is -2.37. The summed E-state index contributed by atoms with van der Waals surface area (Å²) in [7, 11) is 0. The van der Waals surface area contributed by atoms with Crippen LogP contribution in [0, 0.1) is 5.92 Å². The van der Waals surface area contributed by atoms with Gasteiger partial charge in [-0.2, -0.15) is 0 Å². The van der Waals surface area contributed by atoms with E-state index < -0.39 is 5.54 Å². The number of carbonyl (C=O) groups excluding carboxylic acids is 2. The molecule has 1 saturated carbocycles. The molecule has 0 spiro atoms. The van der Waals surface area contributed by atoms with Gasteiger partial charge in [0.05, 0.1) is 5.92 Å². The van der Waals surface area contributed by atoms with E-state index >= 15 is 0 Å². The highest BCUT2D eigenvalue weighted by atomic mass is 79.9. The summed E-state index contributed by atoms with van der Waals surface area (Å²) >= 11 is 3.33. The largest absolute Gasteiger partial charge is 0.354 e. The molecule has 4 N–H and O–H groups in total. The van der Waals surface area contributed by atoms with E-state index in [9.17, 15) is 9.59 Å². The summed E-state index contributed by atoms with van der Waals surface area (Å²) < 4.78 is 0.929. The summed E-state index contributed by atoms with van der Waals surface area (Å²) in [6, 6.07) is 7.14. The lowest BCUT2D eigenvalue weighted by molar-refractivity contribution is -0.128. The van der Waals surface area contributed by atoms with Crippen LogP contribution in [0.15, 0.2) is 28.7 Å². The van der Waals surface area contributed by atoms with Crippen LogP contribution in [0.3, 0.4) is 0 Å². The van der Waals surface area contributed by atoms with Crippen molar-refractivity contribution in [3.63, 3.8) is 0 Å². The Morgan fingerprint density at radius 3 is 2.46 bits per heavy atom. The topological polar surface area (TPSA) is 84.2 Å². The molecule has 2 unspecified atom stereocenters. The Kier molecular flexibility index (Phi) is 8.19. The van der Waals surface area contributed by atoms with Crippen LogP contribution in [0.2, 0.25) is 0 Å². The molecule has 5 nitrogen and oxygen atoms in total. The summed E-state index contributed by atoms with van der Waals surface area (Å²) in [6.45, 7) is 2.76. The van der Waals surface area contributed by atoms with Gasteiger partial charge in [0.15, 0.2) is 0 Å². The predicted molar refractivity (Wildman–Crippen MR) is 101 cm³/mol. The Morgan fingerprint density at radius 1 is 1.21 bits per heavy atom. The zero-order valence-electron chi connectivity index (χ0n) is 13.8. The molecule has 7 heteroatoms. The lowest BCUT2D eigenvalue weighted by Crippen LogP contribution is -2.53. The number of amides is 2. The number of nitrogens with two attached hydrogens (primary N) is 1. The van der Waals surface area contributed by atoms with Gasteiger partial charge in [0.25, 0.3) is 5.91 Å². The lowest BCUT2D eigenvalue weighted by atomic mass is 9.74. The summed E-state index contributed by atoms with van der Waals surface area (Å²) in [4.78, 5) is 24.2. The Labute approximate surface area is 157 Å². The number of halogens is 2. The van der Waals surface area contributed by atoms with Crippen molar-refractivity contribution >= 4 is 40.2 Å². The minimum absolute atomic E-state index is 0. The smallest absolute Gasteiger partial charge is 0.251 e. The normalized spacial score (nSPS) is 23.0. The second-order valence-corrected chi connectivity index (χ2v) is 7.27. The number of hydrogen-bond donors (Lipinski definition) is 3. The number of rotatable bonds is 5. The maximum Gasteiger partial charge on any atom is 0.251 e. The van der Waals surface area contributed by atoms with Crippen LogP contribution in [-0.2, 0) is 4.79 Å². The maximum atomic E-state index is 12.3. The first kappa shape index (κ1) is 20.9. The molecule has 0 bridgehead atoms. The number of benzene rings is 1. The van der Waals surface area contributed by atoms with Crippen LogP contribution in [0.5, 0.6) is 0 Å². The first-order valence-corrected chi connectivity index (χ1v) is 8.80. The predicted octanol–water partition coefficient (Wildman–Crippen LogP) is 2.62. The Bertz CT molecular complexity index is 563. The van der Waals surface area contributed by atoms with Gasteiger partial charge in [0, 0.05) is 28.7 Å². The highest BCUT2D eigenvalue weighted by molar-refractivity contribution is 9.10. The van der Waals surface area contributed by atoms with E-state index in [1.807, 2.05) is 19.1 Å². The average molecular weight is 419 g/mol. The molecular weight excluding hydrogens is 394 g/mol. The summed E-state index contributed by atoms with van der Waals surface area (Å²) in [5.74, 6) is -0.293. The van der Waals surface area contributed by atoms with E-state index in [0.29, 0.717) is 18.7 Å².